The minimum absolute atomic E-state index is 0.208. The van der Waals surface area contributed by atoms with E-state index < -0.39 is 6.10 Å². The lowest BCUT2D eigenvalue weighted by Crippen LogP contribution is -2.36. The number of nitrogens with zero attached hydrogens (tertiary/aromatic N) is 1. The van der Waals surface area contributed by atoms with Gasteiger partial charge < -0.3 is 25.2 Å². The first-order valence-electron chi connectivity index (χ1n) is 6.24. The third-order valence-corrected chi connectivity index (χ3v) is 2.92. The van der Waals surface area contributed by atoms with Gasteiger partial charge in [0.2, 0.25) is 0 Å². The molecule has 100 valence electrons. The normalized spacial score (nSPS) is 17.6. The highest BCUT2D eigenvalue weighted by Gasteiger charge is 2.15. The predicted octanol–water partition coefficient (Wildman–Crippen LogP) is 0.222. The van der Waals surface area contributed by atoms with Gasteiger partial charge in [-0.1, -0.05) is 12.1 Å². The van der Waals surface area contributed by atoms with Gasteiger partial charge in [-0.2, -0.15) is 0 Å². The Morgan fingerprint density at radius 2 is 2.06 bits per heavy atom. The Balaban J connectivity index is 2.04. The van der Waals surface area contributed by atoms with Crippen molar-refractivity contribution >= 4 is 5.69 Å². The van der Waals surface area contributed by atoms with Crippen molar-refractivity contribution in [1.29, 1.82) is 0 Å². The van der Waals surface area contributed by atoms with Crippen molar-refractivity contribution in [2.45, 2.75) is 6.10 Å². The second-order valence-corrected chi connectivity index (χ2v) is 4.27. The number of aliphatic hydroxyl groups is 1. The van der Waals surface area contributed by atoms with E-state index in [0.29, 0.717) is 0 Å². The molecule has 0 saturated carbocycles. The molecule has 0 spiro atoms. The molecule has 1 aliphatic rings. The first-order valence-corrected chi connectivity index (χ1v) is 6.24. The largest absolute Gasteiger partial charge is 0.489 e. The summed E-state index contributed by atoms with van der Waals surface area (Å²) in [4.78, 5) is 2.23. The molecule has 1 aromatic carbocycles. The smallest absolute Gasteiger partial charge is 0.142 e. The monoisotopic (exact) mass is 252 g/mol. The fourth-order valence-corrected chi connectivity index (χ4v) is 1.90. The minimum atomic E-state index is -0.622. The highest BCUT2D eigenvalue weighted by molar-refractivity contribution is 5.58. The van der Waals surface area contributed by atoms with Crippen LogP contribution in [0.15, 0.2) is 24.3 Å². The number of morpholine rings is 1. The molecule has 0 aliphatic carbocycles. The van der Waals surface area contributed by atoms with Crippen LogP contribution >= 0.6 is 0 Å². The number of ether oxygens (including phenoxy) is 2. The van der Waals surface area contributed by atoms with Crippen molar-refractivity contribution in [3.8, 4) is 5.75 Å². The molecular formula is C13H20N2O3. The topological polar surface area (TPSA) is 68.0 Å². The van der Waals surface area contributed by atoms with Crippen molar-refractivity contribution in [3.05, 3.63) is 24.3 Å². The molecule has 0 bridgehead atoms. The second kappa shape index (κ2) is 6.58. The molecule has 0 radical (unpaired) electrons. The number of benzene rings is 1. The molecule has 1 heterocycles. The molecule has 5 heteroatoms. The van der Waals surface area contributed by atoms with Crippen molar-refractivity contribution < 1.29 is 14.6 Å². The van der Waals surface area contributed by atoms with Crippen LogP contribution < -0.4 is 15.4 Å². The van der Waals surface area contributed by atoms with Crippen LogP contribution in [-0.2, 0) is 4.74 Å². The lowest BCUT2D eigenvalue weighted by Gasteiger charge is -2.30. The third-order valence-electron chi connectivity index (χ3n) is 2.92. The highest BCUT2D eigenvalue weighted by Crippen LogP contribution is 2.28. The standard InChI is InChI=1S/C13H20N2O3/c14-9-11(16)10-18-13-4-2-1-3-12(13)15-5-7-17-8-6-15/h1-4,11,16H,5-10,14H2. The van der Waals surface area contributed by atoms with E-state index in [1.807, 2.05) is 24.3 Å². The molecule has 18 heavy (non-hydrogen) atoms. The zero-order valence-corrected chi connectivity index (χ0v) is 10.4. The van der Waals surface area contributed by atoms with Crippen LogP contribution in [0, 0.1) is 0 Å². The summed E-state index contributed by atoms with van der Waals surface area (Å²) in [5.74, 6) is 0.784. The lowest BCUT2D eigenvalue weighted by molar-refractivity contribution is 0.112. The Kier molecular flexibility index (Phi) is 4.81. The van der Waals surface area contributed by atoms with Crippen LogP contribution in [0.4, 0.5) is 5.69 Å². The molecule has 0 amide bonds. The number of hydrogen-bond donors (Lipinski definition) is 2. The number of para-hydroxylation sites is 2. The molecular weight excluding hydrogens is 232 g/mol. The SMILES string of the molecule is NCC(O)COc1ccccc1N1CCOCC1. The van der Waals surface area contributed by atoms with Crippen LogP contribution in [-0.4, -0.2) is 50.7 Å². The van der Waals surface area contributed by atoms with Gasteiger partial charge in [-0.05, 0) is 12.1 Å². The molecule has 1 atom stereocenters. The Hall–Kier alpha value is -1.30. The lowest BCUT2D eigenvalue weighted by atomic mass is 10.2. The molecule has 1 aromatic rings. The molecule has 3 N–H and O–H groups in total. The molecule has 1 aliphatic heterocycles. The maximum atomic E-state index is 9.44. The summed E-state index contributed by atoms with van der Waals surface area (Å²) in [6.07, 6.45) is -0.622. The van der Waals surface area contributed by atoms with Crippen molar-refractivity contribution in [3.63, 3.8) is 0 Å². The molecule has 1 saturated heterocycles. The summed E-state index contributed by atoms with van der Waals surface area (Å²) in [5, 5.41) is 9.44. The molecule has 5 nitrogen and oxygen atoms in total. The summed E-state index contributed by atoms with van der Waals surface area (Å²) in [6.45, 7) is 3.62. The van der Waals surface area contributed by atoms with Gasteiger partial charge in [-0.3, -0.25) is 0 Å². The minimum Gasteiger partial charge on any atom is -0.489 e. The molecule has 0 aromatic heterocycles. The number of anilines is 1. The van der Waals surface area contributed by atoms with E-state index in [1.54, 1.807) is 0 Å². The van der Waals surface area contributed by atoms with Gasteiger partial charge in [-0.25, -0.2) is 0 Å². The second-order valence-electron chi connectivity index (χ2n) is 4.27. The summed E-state index contributed by atoms with van der Waals surface area (Å²) in [5.41, 5.74) is 6.41. The van der Waals surface area contributed by atoms with Crippen LogP contribution in [0.3, 0.4) is 0 Å². The van der Waals surface area contributed by atoms with Crippen LogP contribution in [0.25, 0.3) is 0 Å². The van der Waals surface area contributed by atoms with Gasteiger partial charge >= 0.3 is 0 Å². The van der Waals surface area contributed by atoms with E-state index in [0.717, 1.165) is 37.7 Å². The van der Waals surface area contributed by atoms with Crippen molar-refractivity contribution in [1.82, 2.24) is 0 Å². The van der Waals surface area contributed by atoms with Gasteiger partial charge in [0.1, 0.15) is 18.5 Å². The Bertz CT molecular complexity index is 367. The Morgan fingerprint density at radius 3 is 2.78 bits per heavy atom. The van der Waals surface area contributed by atoms with E-state index in [1.165, 1.54) is 0 Å². The molecule has 1 fully saturated rings. The molecule has 1 unspecified atom stereocenters. The maximum Gasteiger partial charge on any atom is 0.142 e. The quantitative estimate of drug-likeness (QED) is 0.784. The van der Waals surface area contributed by atoms with Gasteiger partial charge in [0.05, 0.1) is 18.9 Å². The van der Waals surface area contributed by atoms with E-state index in [9.17, 15) is 5.11 Å². The average molecular weight is 252 g/mol. The van der Waals surface area contributed by atoms with E-state index in [2.05, 4.69) is 4.90 Å². The Labute approximate surface area is 107 Å². The number of hydrogen-bond acceptors (Lipinski definition) is 5. The third kappa shape index (κ3) is 3.35. The van der Waals surface area contributed by atoms with Gasteiger partial charge in [0, 0.05) is 19.6 Å². The first-order chi connectivity index (χ1) is 8.81. The zero-order chi connectivity index (χ0) is 12.8. The average Bonchev–Trinajstić information content (AvgIpc) is 2.46. The summed E-state index contributed by atoms with van der Waals surface area (Å²) >= 11 is 0. The van der Waals surface area contributed by atoms with Gasteiger partial charge in [-0.15, -0.1) is 0 Å². The van der Waals surface area contributed by atoms with Crippen molar-refractivity contribution in [2.24, 2.45) is 5.73 Å². The maximum absolute atomic E-state index is 9.44. The number of aliphatic hydroxyl groups excluding tert-OH is 1. The van der Waals surface area contributed by atoms with Crippen molar-refractivity contribution in [2.75, 3.05) is 44.4 Å². The summed E-state index contributed by atoms with van der Waals surface area (Å²) in [7, 11) is 0. The highest BCUT2D eigenvalue weighted by atomic mass is 16.5. The van der Waals surface area contributed by atoms with Crippen LogP contribution in [0.2, 0.25) is 0 Å². The fraction of sp³-hybridized carbons (Fsp3) is 0.538. The van der Waals surface area contributed by atoms with Crippen LogP contribution in [0.1, 0.15) is 0 Å². The summed E-state index contributed by atoms with van der Waals surface area (Å²) in [6, 6.07) is 7.84. The van der Waals surface area contributed by atoms with Crippen LogP contribution in [0.5, 0.6) is 5.75 Å². The first kappa shape index (κ1) is 13.1. The van der Waals surface area contributed by atoms with Gasteiger partial charge in [0.15, 0.2) is 0 Å². The predicted molar refractivity (Wildman–Crippen MR) is 70.0 cm³/mol. The van der Waals surface area contributed by atoms with E-state index in [-0.39, 0.29) is 13.2 Å². The summed E-state index contributed by atoms with van der Waals surface area (Å²) < 4.78 is 11.0. The van der Waals surface area contributed by atoms with E-state index in [4.69, 9.17) is 15.2 Å². The fourth-order valence-electron chi connectivity index (χ4n) is 1.90. The van der Waals surface area contributed by atoms with Gasteiger partial charge in [0.25, 0.3) is 0 Å². The zero-order valence-electron chi connectivity index (χ0n) is 10.4. The molecule has 2 rings (SSSR count). The number of rotatable bonds is 5. The van der Waals surface area contributed by atoms with E-state index >= 15 is 0 Å². The Morgan fingerprint density at radius 1 is 1.33 bits per heavy atom. The number of nitrogens with two attached hydrogens (primary N) is 1.